The Kier molecular flexibility index (Phi) is 4.58. The van der Waals surface area contributed by atoms with E-state index in [1.165, 1.54) is 5.56 Å². The second-order valence-electron chi connectivity index (χ2n) is 5.78. The van der Waals surface area contributed by atoms with Crippen LogP contribution in [-0.2, 0) is 0 Å². The van der Waals surface area contributed by atoms with Gasteiger partial charge in [0.05, 0.1) is 0 Å². The second-order valence-corrected chi connectivity index (χ2v) is 5.78. The quantitative estimate of drug-likeness (QED) is 0.844. The summed E-state index contributed by atoms with van der Waals surface area (Å²) in [5.74, 6) is 0.832. The van der Waals surface area contributed by atoms with Crippen molar-refractivity contribution in [2.45, 2.75) is 33.1 Å². The number of benzene rings is 1. The van der Waals surface area contributed by atoms with Crippen molar-refractivity contribution >= 4 is 0 Å². The lowest BCUT2D eigenvalue weighted by molar-refractivity contribution is 0.194. The molecule has 1 unspecified atom stereocenters. The fourth-order valence-electron chi connectivity index (χ4n) is 2.91. The van der Waals surface area contributed by atoms with Crippen molar-refractivity contribution in [1.82, 2.24) is 4.90 Å². The highest BCUT2D eigenvalue weighted by Gasteiger charge is 2.30. The summed E-state index contributed by atoms with van der Waals surface area (Å²) >= 11 is 0. The minimum Gasteiger partial charge on any atom is -0.508 e. The molecule has 0 spiro atoms. The Labute approximate surface area is 105 Å². The Morgan fingerprint density at radius 3 is 2.41 bits per heavy atom. The van der Waals surface area contributed by atoms with Crippen molar-refractivity contribution in [1.29, 1.82) is 0 Å². The zero-order valence-corrected chi connectivity index (χ0v) is 11.7. The van der Waals surface area contributed by atoms with Gasteiger partial charge in [0.15, 0.2) is 0 Å². The van der Waals surface area contributed by atoms with Gasteiger partial charge in [-0.1, -0.05) is 32.9 Å². The number of aromatic hydroxyl groups is 1. The normalized spacial score (nSPS) is 14.0. The molecule has 0 fully saturated rings. The largest absolute Gasteiger partial charge is 0.508 e. The van der Waals surface area contributed by atoms with Crippen LogP contribution in [-0.4, -0.2) is 30.6 Å². The molecule has 0 bridgehead atoms. The predicted molar refractivity (Wildman–Crippen MR) is 73.5 cm³/mol. The third-order valence-electron chi connectivity index (χ3n) is 3.35. The van der Waals surface area contributed by atoms with E-state index in [0.717, 1.165) is 13.0 Å². The van der Waals surface area contributed by atoms with Crippen molar-refractivity contribution in [3.05, 3.63) is 29.8 Å². The van der Waals surface area contributed by atoms with Crippen LogP contribution in [0.15, 0.2) is 24.3 Å². The van der Waals surface area contributed by atoms with E-state index in [0.29, 0.717) is 11.7 Å². The number of hydrogen-bond donors (Lipinski definition) is 1. The van der Waals surface area contributed by atoms with E-state index in [1.54, 1.807) is 6.07 Å². The fourth-order valence-corrected chi connectivity index (χ4v) is 2.91. The Hall–Kier alpha value is -1.02. The van der Waals surface area contributed by atoms with E-state index < -0.39 is 0 Å². The van der Waals surface area contributed by atoms with E-state index in [1.807, 2.05) is 12.1 Å². The molecule has 96 valence electrons. The number of nitrogens with zero attached hydrogens (tertiary/aromatic N) is 1. The van der Waals surface area contributed by atoms with E-state index >= 15 is 0 Å². The van der Waals surface area contributed by atoms with Crippen LogP contribution in [0.25, 0.3) is 0 Å². The Morgan fingerprint density at radius 1 is 1.29 bits per heavy atom. The standard InChI is InChI=1S/C15H25NO/c1-6-14(15(2,3)11-16(4)5)12-8-7-9-13(17)10-12/h7-10,14,17H,6,11H2,1-5H3. The monoisotopic (exact) mass is 235 g/mol. The molecule has 0 saturated carbocycles. The highest BCUT2D eigenvalue weighted by atomic mass is 16.3. The molecule has 0 saturated heterocycles. The number of phenols is 1. The molecule has 1 aromatic carbocycles. The topological polar surface area (TPSA) is 23.5 Å². The SMILES string of the molecule is CCC(c1cccc(O)c1)C(C)(C)CN(C)C. The summed E-state index contributed by atoms with van der Waals surface area (Å²) in [4.78, 5) is 2.23. The third kappa shape index (κ3) is 3.74. The van der Waals surface area contributed by atoms with Crippen molar-refractivity contribution in [2.24, 2.45) is 5.41 Å². The van der Waals surface area contributed by atoms with Gasteiger partial charge in [-0.15, -0.1) is 0 Å². The summed E-state index contributed by atoms with van der Waals surface area (Å²) in [6.45, 7) is 7.85. The maximum absolute atomic E-state index is 9.59. The molecule has 2 nitrogen and oxygen atoms in total. The molecule has 0 amide bonds. The van der Waals surface area contributed by atoms with Crippen LogP contribution in [0.4, 0.5) is 0 Å². The van der Waals surface area contributed by atoms with Gasteiger partial charge < -0.3 is 10.0 Å². The molecule has 1 N–H and O–H groups in total. The summed E-state index contributed by atoms with van der Waals surface area (Å²) in [6, 6.07) is 7.67. The molecule has 0 aromatic heterocycles. The second kappa shape index (κ2) is 5.54. The van der Waals surface area contributed by atoms with Gasteiger partial charge in [-0.05, 0) is 49.5 Å². The van der Waals surface area contributed by atoms with Crippen LogP contribution in [0.1, 0.15) is 38.7 Å². The number of phenolic OH excluding ortho intramolecular Hbond substituents is 1. The average molecular weight is 235 g/mol. The third-order valence-corrected chi connectivity index (χ3v) is 3.35. The Morgan fingerprint density at radius 2 is 1.94 bits per heavy atom. The lowest BCUT2D eigenvalue weighted by Gasteiger charge is -2.36. The van der Waals surface area contributed by atoms with Crippen LogP contribution in [0.2, 0.25) is 0 Å². The molecule has 0 aliphatic rings. The minimum atomic E-state index is 0.200. The molecule has 1 aromatic rings. The molecule has 1 atom stereocenters. The molecule has 0 aliphatic heterocycles. The molecular formula is C15H25NO. The lowest BCUT2D eigenvalue weighted by atomic mass is 9.73. The van der Waals surface area contributed by atoms with Crippen molar-refractivity contribution in [3.8, 4) is 5.75 Å². The molecule has 2 heteroatoms. The van der Waals surface area contributed by atoms with Crippen LogP contribution in [0.5, 0.6) is 5.75 Å². The smallest absolute Gasteiger partial charge is 0.115 e. The average Bonchev–Trinajstić information content (AvgIpc) is 2.15. The highest BCUT2D eigenvalue weighted by Crippen LogP contribution is 2.39. The highest BCUT2D eigenvalue weighted by molar-refractivity contribution is 5.30. The van der Waals surface area contributed by atoms with Crippen LogP contribution in [0, 0.1) is 5.41 Å². The zero-order chi connectivity index (χ0) is 13.1. The van der Waals surface area contributed by atoms with E-state index in [2.05, 4.69) is 45.8 Å². The van der Waals surface area contributed by atoms with Gasteiger partial charge in [-0.3, -0.25) is 0 Å². The first-order valence-electron chi connectivity index (χ1n) is 6.30. The summed E-state index contributed by atoms with van der Waals surface area (Å²) in [5, 5.41) is 9.59. The van der Waals surface area contributed by atoms with Crippen LogP contribution >= 0.6 is 0 Å². The first-order valence-corrected chi connectivity index (χ1v) is 6.30. The van der Waals surface area contributed by atoms with E-state index in [9.17, 15) is 5.11 Å². The van der Waals surface area contributed by atoms with Crippen molar-refractivity contribution < 1.29 is 5.11 Å². The molecule has 0 heterocycles. The van der Waals surface area contributed by atoms with Crippen molar-refractivity contribution in [3.63, 3.8) is 0 Å². The molecule has 0 aliphatic carbocycles. The maximum atomic E-state index is 9.59. The lowest BCUT2D eigenvalue weighted by Crippen LogP contribution is -2.33. The van der Waals surface area contributed by atoms with Gasteiger partial charge in [0.1, 0.15) is 5.75 Å². The minimum absolute atomic E-state index is 0.200. The Balaban J connectivity index is 2.98. The summed E-state index contributed by atoms with van der Waals surface area (Å²) in [6.07, 6.45) is 1.09. The first kappa shape index (κ1) is 14.0. The van der Waals surface area contributed by atoms with E-state index in [4.69, 9.17) is 0 Å². The van der Waals surface area contributed by atoms with Gasteiger partial charge in [-0.25, -0.2) is 0 Å². The predicted octanol–water partition coefficient (Wildman–Crippen LogP) is 3.47. The van der Waals surface area contributed by atoms with Crippen LogP contribution in [0.3, 0.4) is 0 Å². The van der Waals surface area contributed by atoms with E-state index in [-0.39, 0.29) is 5.41 Å². The molecule has 17 heavy (non-hydrogen) atoms. The van der Waals surface area contributed by atoms with Gasteiger partial charge in [0, 0.05) is 6.54 Å². The number of hydrogen-bond acceptors (Lipinski definition) is 2. The number of rotatable bonds is 5. The van der Waals surface area contributed by atoms with Gasteiger partial charge >= 0.3 is 0 Å². The van der Waals surface area contributed by atoms with Gasteiger partial charge in [-0.2, -0.15) is 0 Å². The maximum Gasteiger partial charge on any atom is 0.115 e. The van der Waals surface area contributed by atoms with Gasteiger partial charge in [0.25, 0.3) is 0 Å². The first-order chi connectivity index (χ1) is 7.86. The molecule has 0 radical (unpaired) electrons. The van der Waals surface area contributed by atoms with Gasteiger partial charge in [0.2, 0.25) is 0 Å². The summed E-state index contributed by atoms with van der Waals surface area (Å²) < 4.78 is 0. The molecular weight excluding hydrogens is 210 g/mol. The van der Waals surface area contributed by atoms with Crippen molar-refractivity contribution in [2.75, 3.05) is 20.6 Å². The molecule has 1 rings (SSSR count). The Bertz CT molecular complexity index is 358. The zero-order valence-electron chi connectivity index (χ0n) is 11.7. The summed E-state index contributed by atoms with van der Waals surface area (Å²) in [7, 11) is 4.22. The summed E-state index contributed by atoms with van der Waals surface area (Å²) in [5.41, 5.74) is 1.44. The fraction of sp³-hybridized carbons (Fsp3) is 0.600. The van der Waals surface area contributed by atoms with Crippen LogP contribution < -0.4 is 0 Å².